The van der Waals surface area contributed by atoms with Crippen LogP contribution in [0.25, 0.3) is 0 Å². The van der Waals surface area contributed by atoms with Gasteiger partial charge < -0.3 is 10.5 Å². The number of nitrogen functional groups attached to an aromatic ring is 1. The highest BCUT2D eigenvalue weighted by Crippen LogP contribution is 2.27. The second kappa shape index (κ2) is 5.38. The first-order chi connectivity index (χ1) is 9.42. The van der Waals surface area contributed by atoms with E-state index in [2.05, 4.69) is 9.71 Å². The van der Waals surface area contributed by atoms with E-state index in [0.717, 1.165) is 5.56 Å². The van der Waals surface area contributed by atoms with Crippen molar-refractivity contribution >= 4 is 21.5 Å². The summed E-state index contributed by atoms with van der Waals surface area (Å²) in [7, 11) is -2.24. The van der Waals surface area contributed by atoms with Gasteiger partial charge >= 0.3 is 0 Å². The highest BCUT2D eigenvalue weighted by atomic mass is 32.2. The quantitative estimate of drug-likeness (QED) is 0.896. The molecule has 20 heavy (non-hydrogen) atoms. The van der Waals surface area contributed by atoms with Crippen LogP contribution < -0.4 is 15.2 Å². The number of nitrogens with two attached hydrogens (primary N) is 1. The van der Waals surface area contributed by atoms with Gasteiger partial charge in [0.1, 0.15) is 16.5 Å². The summed E-state index contributed by atoms with van der Waals surface area (Å²) in [5.74, 6) is 0.717. The third-order valence-corrected chi connectivity index (χ3v) is 4.02. The number of hydrogen-bond donors (Lipinski definition) is 2. The molecule has 0 spiro atoms. The Labute approximate surface area is 117 Å². The Morgan fingerprint density at radius 3 is 2.60 bits per heavy atom. The minimum absolute atomic E-state index is 0.0364. The Kier molecular flexibility index (Phi) is 3.80. The zero-order valence-corrected chi connectivity index (χ0v) is 11.9. The fourth-order valence-corrected chi connectivity index (χ4v) is 2.65. The lowest BCUT2D eigenvalue weighted by atomic mass is 10.2. The van der Waals surface area contributed by atoms with Crippen LogP contribution in [-0.4, -0.2) is 20.5 Å². The van der Waals surface area contributed by atoms with Gasteiger partial charge in [-0.15, -0.1) is 0 Å². The van der Waals surface area contributed by atoms with Gasteiger partial charge in [0.2, 0.25) is 0 Å². The zero-order chi connectivity index (χ0) is 14.8. The number of pyridine rings is 1. The molecule has 106 valence electrons. The highest BCUT2D eigenvalue weighted by Gasteiger charge is 2.16. The molecule has 1 aromatic carbocycles. The molecular weight excluding hydrogens is 278 g/mol. The second-order valence-corrected chi connectivity index (χ2v) is 5.91. The minimum atomic E-state index is -3.72. The van der Waals surface area contributed by atoms with Crippen LogP contribution in [0.5, 0.6) is 5.75 Å². The monoisotopic (exact) mass is 293 g/mol. The van der Waals surface area contributed by atoms with E-state index in [1.165, 1.54) is 25.4 Å². The lowest BCUT2D eigenvalue weighted by Crippen LogP contribution is -2.14. The normalized spacial score (nSPS) is 11.1. The van der Waals surface area contributed by atoms with Crippen molar-refractivity contribution in [3.8, 4) is 5.75 Å². The third-order valence-electron chi connectivity index (χ3n) is 2.67. The summed E-state index contributed by atoms with van der Waals surface area (Å²) < 4.78 is 32.1. The molecule has 0 amide bonds. The maximum Gasteiger partial charge on any atom is 0.263 e. The summed E-state index contributed by atoms with van der Waals surface area (Å²) in [6.07, 6.45) is 1.21. The topological polar surface area (TPSA) is 94.3 Å². The maximum absolute atomic E-state index is 12.2. The molecule has 0 aliphatic rings. The molecule has 3 N–H and O–H groups in total. The van der Waals surface area contributed by atoms with Gasteiger partial charge in [0.25, 0.3) is 10.0 Å². The minimum Gasteiger partial charge on any atom is -0.495 e. The first kappa shape index (κ1) is 14.1. The molecule has 0 unspecified atom stereocenters. The fourth-order valence-electron chi connectivity index (χ4n) is 1.64. The van der Waals surface area contributed by atoms with Crippen molar-refractivity contribution in [3.05, 3.63) is 42.1 Å². The average molecular weight is 293 g/mol. The number of sulfonamides is 1. The van der Waals surface area contributed by atoms with Crippen LogP contribution in [0.4, 0.5) is 11.5 Å². The first-order valence-corrected chi connectivity index (χ1v) is 7.29. The van der Waals surface area contributed by atoms with Crippen LogP contribution in [0.3, 0.4) is 0 Å². The van der Waals surface area contributed by atoms with E-state index in [0.29, 0.717) is 11.4 Å². The molecule has 0 aliphatic carbocycles. The van der Waals surface area contributed by atoms with Crippen LogP contribution >= 0.6 is 0 Å². The molecule has 0 saturated heterocycles. The van der Waals surface area contributed by atoms with Crippen molar-refractivity contribution in [2.45, 2.75) is 11.8 Å². The summed E-state index contributed by atoms with van der Waals surface area (Å²) in [6.45, 7) is 1.89. The molecule has 0 aliphatic heterocycles. The van der Waals surface area contributed by atoms with Crippen molar-refractivity contribution in [3.63, 3.8) is 0 Å². The molecule has 0 fully saturated rings. The van der Waals surface area contributed by atoms with Crippen LogP contribution in [0, 0.1) is 6.92 Å². The largest absolute Gasteiger partial charge is 0.495 e. The van der Waals surface area contributed by atoms with E-state index in [9.17, 15) is 8.42 Å². The summed E-state index contributed by atoms with van der Waals surface area (Å²) >= 11 is 0. The predicted molar refractivity (Wildman–Crippen MR) is 77.2 cm³/mol. The first-order valence-electron chi connectivity index (χ1n) is 5.81. The van der Waals surface area contributed by atoms with E-state index in [4.69, 9.17) is 10.5 Å². The number of aromatic nitrogens is 1. The smallest absolute Gasteiger partial charge is 0.263 e. The van der Waals surface area contributed by atoms with Crippen molar-refractivity contribution < 1.29 is 13.2 Å². The number of methoxy groups -OCH3 is 1. The number of benzene rings is 1. The van der Waals surface area contributed by atoms with Crippen molar-refractivity contribution in [2.24, 2.45) is 0 Å². The number of hydrogen-bond acceptors (Lipinski definition) is 5. The van der Waals surface area contributed by atoms with Gasteiger partial charge in [-0.1, -0.05) is 6.07 Å². The van der Waals surface area contributed by atoms with Crippen LogP contribution in [0.2, 0.25) is 0 Å². The number of nitrogens with zero attached hydrogens (tertiary/aromatic N) is 1. The number of nitrogens with one attached hydrogen (secondary N) is 1. The number of rotatable bonds is 4. The van der Waals surface area contributed by atoms with Gasteiger partial charge in [-0.2, -0.15) is 0 Å². The van der Waals surface area contributed by atoms with Gasteiger partial charge in [0, 0.05) is 6.20 Å². The molecular formula is C13H15N3O3S. The van der Waals surface area contributed by atoms with Crippen molar-refractivity contribution in [1.82, 2.24) is 4.98 Å². The van der Waals surface area contributed by atoms with Crippen LogP contribution in [-0.2, 0) is 10.0 Å². The molecule has 0 radical (unpaired) electrons. The number of aryl methyl sites for hydroxylation is 1. The molecule has 0 saturated carbocycles. The third kappa shape index (κ3) is 3.00. The average Bonchev–Trinajstić information content (AvgIpc) is 2.41. The molecule has 1 aromatic heterocycles. The molecule has 1 heterocycles. The van der Waals surface area contributed by atoms with Gasteiger partial charge in [0.05, 0.1) is 12.8 Å². The SMILES string of the molecule is COc1cc(C)ccc1NS(=O)(=O)c1ccc(N)nc1. The molecule has 2 rings (SSSR count). The molecule has 0 atom stereocenters. The Hall–Kier alpha value is -2.28. The summed E-state index contributed by atoms with van der Waals surface area (Å²) in [4.78, 5) is 3.81. The number of anilines is 2. The van der Waals surface area contributed by atoms with Crippen molar-refractivity contribution in [2.75, 3.05) is 17.6 Å². The summed E-state index contributed by atoms with van der Waals surface area (Å²) in [6, 6.07) is 8.02. The molecule has 6 nitrogen and oxygen atoms in total. The second-order valence-electron chi connectivity index (χ2n) is 4.23. The fraction of sp³-hybridized carbons (Fsp3) is 0.154. The Morgan fingerprint density at radius 1 is 1.25 bits per heavy atom. The molecule has 7 heteroatoms. The highest BCUT2D eigenvalue weighted by molar-refractivity contribution is 7.92. The Morgan fingerprint density at radius 2 is 2.00 bits per heavy atom. The van der Waals surface area contributed by atoms with E-state index in [-0.39, 0.29) is 10.7 Å². The van der Waals surface area contributed by atoms with E-state index in [1.807, 2.05) is 6.92 Å². The summed E-state index contributed by atoms with van der Waals surface area (Å²) in [5, 5.41) is 0. The maximum atomic E-state index is 12.2. The van der Waals surface area contributed by atoms with E-state index in [1.54, 1.807) is 18.2 Å². The van der Waals surface area contributed by atoms with E-state index >= 15 is 0 Å². The van der Waals surface area contributed by atoms with Crippen LogP contribution in [0.15, 0.2) is 41.4 Å². The summed E-state index contributed by atoms with van der Waals surface area (Å²) in [5.41, 5.74) is 6.78. The molecule has 0 bridgehead atoms. The van der Waals surface area contributed by atoms with Crippen molar-refractivity contribution in [1.29, 1.82) is 0 Å². The van der Waals surface area contributed by atoms with Gasteiger partial charge in [-0.3, -0.25) is 4.72 Å². The molecule has 2 aromatic rings. The van der Waals surface area contributed by atoms with E-state index < -0.39 is 10.0 Å². The predicted octanol–water partition coefficient (Wildman–Crippen LogP) is 1.78. The Bertz CT molecular complexity index is 712. The number of ether oxygens (including phenoxy) is 1. The standard InChI is InChI=1S/C13H15N3O3S/c1-9-3-5-11(12(7-9)19-2)16-20(17,18)10-4-6-13(14)15-8-10/h3-8,16H,1-2H3,(H2,14,15). The lowest BCUT2D eigenvalue weighted by Gasteiger charge is -2.12. The van der Waals surface area contributed by atoms with Gasteiger partial charge in [-0.05, 0) is 36.8 Å². The van der Waals surface area contributed by atoms with Crippen LogP contribution in [0.1, 0.15) is 5.56 Å². The van der Waals surface area contributed by atoms with Gasteiger partial charge in [0.15, 0.2) is 0 Å². The lowest BCUT2D eigenvalue weighted by molar-refractivity contribution is 0.416. The Balaban J connectivity index is 2.35. The van der Waals surface area contributed by atoms with Gasteiger partial charge in [-0.25, -0.2) is 13.4 Å². The zero-order valence-electron chi connectivity index (χ0n) is 11.1.